The van der Waals surface area contributed by atoms with Crippen LogP contribution in [-0.4, -0.2) is 27.1 Å². The van der Waals surface area contributed by atoms with Gasteiger partial charge in [-0.05, 0) is 12.0 Å². The quantitative estimate of drug-likeness (QED) is 0.376. The highest BCUT2D eigenvalue weighted by atomic mass is 35.5. The average Bonchev–Trinajstić information content (AvgIpc) is 3.17. The van der Waals surface area contributed by atoms with E-state index in [1.54, 1.807) is 6.33 Å². The topological polar surface area (TPSA) is 105 Å². The van der Waals surface area contributed by atoms with Crippen LogP contribution >= 0.6 is 36.2 Å². The molecule has 0 aliphatic carbocycles. The first-order chi connectivity index (χ1) is 11.2. The van der Waals surface area contributed by atoms with Crippen molar-refractivity contribution in [3.63, 3.8) is 0 Å². The summed E-state index contributed by atoms with van der Waals surface area (Å²) in [7, 11) is 0. The zero-order valence-electron chi connectivity index (χ0n) is 13.2. The van der Waals surface area contributed by atoms with Gasteiger partial charge in [0.1, 0.15) is 17.7 Å². The van der Waals surface area contributed by atoms with Gasteiger partial charge in [0.2, 0.25) is 0 Å². The molecule has 2 aromatic heterocycles. The number of nitrogens with one attached hydrogen (secondary N) is 3. The Morgan fingerprint density at radius 3 is 2.68 bits per heavy atom. The van der Waals surface area contributed by atoms with Gasteiger partial charge in [0.25, 0.3) is 0 Å². The summed E-state index contributed by atoms with van der Waals surface area (Å²) in [6.45, 7) is 0.814. The van der Waals surface area contributed by atoms with Gasteiger partial charge in [0.15, 0.2) is 11.1 Å². The molecular formula is C15H19Cl2N7S. The van der Waals surface area contributed by atoms with E-state index in [1.807, 2.05) is 34.5 Å². The van der Waals surface area contributed by atoms with Gasteiger partial charge in [-0.3, -0.25) is 10.1 Å². The fourth-order valence-electron chi connectivity index (χ4n) is 2.08. The molecule has 2 heterocycles. The van der Waals surface area contributed by atoms with Crippen molar-refractivity contribution in [2.24, 2.45) is 5.73 Å². The fraction of sp³-hybridized carbons (Fsp3) is 0.133. The molecule has 0 radical (unpaired) electrons. The van der Waals surface area contributed by atoms with Gasteiger partial charge in [-0.2, -0.15) is 0 Å². The Labute approximate surface area is 162 Å². The maximum Gasteiger partial charge on any atom is 0.192 e. The van der Waals surface area contributed by atoms with Gasteiger partial charge >= 0.3 is 0 Å². The van der Waals surface area contributed by atoms with E-state index in [1.165, 1.54) is 16.9 Å². The summed E-state index contributed by atoms with van der Waals surface area (Å²) in [5.41, 5.74) is 11.4. The van der Waals surface area contributed by atoms with Crippen LogP contribution < -0.4 is 16.5 Å². The average molecular weight is 400 g/mol. The van der Waals surface area contributed by atoms with Gasteiger partial charge in [0, 0.05) is 11.9 Å². The molecule has 0 aliphatic heterocycles. The Hall–Kier alpha value is -2.29. The molecule has 0 amide bonds. The van der Waals surface area contributed by atoms with E-state index < -0.39 is 0 Å². The number of halogens is 2. The smallest absolute Gasteiger partial charge is 0.192 e. The summed E-state index contributed by atoms with van der Waals surface area (Å²) in [6.07, 6.45) is 4.55. The Bertz CT molecular complexity index is 788. The summed E-state index contributed by atoms with van der Waals surface area (Å²) < 4.78 is 1.83. The van der Waals surface area contributed by atoms with Crippen LogP contribution in [0.5, 0.6) is 0 Å². The molecular weight excluding hydrogens is 381 g/mol. The number of hydrogen-bond acceptors (Lipinski definition) is 5. The van der Waals surface area contributed by atoms with Crippen molar-refractivity contribution in [3.8, 4) is 11.4 Å². The first-order valence-corrected chi connectivity index (χ1v) is 7.97. The lowest BCUT2D eigenvalue weighted by molar-refractivity contribution is 0.820. The lowest BCUT2D eigenvalue weighted by Gasteiger charge is -2.06. The number of thiazole rings is 1. The molecule has 3 aromatic rings. The number of hydrogen-bond donors (Lipinski definition) is 4. The minimum atomic E-state index is -0.126. The summed E-state index contributed by atoms with van der Waals surface area (Å²) in [6, 6.07) is 10.3. The number of nitrogens with zero attached hydrogens (tertiary/aromatic N) is 3. The standard InChI is InChI=1S/C15H17N7S.2ClH/c16-14(17)21-15-20-13(9-23-15)12-8-22(10-18-12)19-7-6-11-4-2-1-3-5-11;;/h1-5,8-10,19H,6-7H2,(H4,16,17,20,21);2*1H. The normalized spacial score (nSPS) is 9.60. The van der Waals surface area contributed by atoms with Crippen LogP contribution in [0.2, 0.25) is 0 Å². The third kappa shape index (κ3) is 5.93. The largest absolute Gasteiger partial charge is 0.370 e. The maximum atomic E-state index is 7.20. The van der Waals surface area contributed by atoms with Crippen LogP contribution in [0.3, 0.4) is 0 Å². The molecule has 3 rings (SSSR count). The van der Waals surface area contributed by atoms with Crippen molar-refractivity contribution in [1.29, 1.82) is 5.41 Å². The van der Waals surface area contributed by atoms with Crippen LogP contribution in [0.25, 0.3) is 11.4 Å². The highest BCUT2D eigenvalue weighted by Gasteiger charge is 2.08. The molecule has 0 atom stereocenters. The van der Waals surface area contributed by atoms with Crippen LogP contribution in [0.1, 0.15) is 5.56 Å². The fourth-order valence-corrected chi connectivity index (χ4v) is 2.80. The maximum absolute atomic E-state index is 7.20. The minimum Gasteiger partial charge on any atom is -0.370 e. The molecule has 0 saturated heterocycles. The summed E-state index contributed by atoms with van der Waals surface area (Å²) in [5, 5.41) is 12.3. The number of nitrogens with two attached hydrogens (primary N) is 1. The zero-order valence-corrected chi connectivity index (χ0v) is 15.6. The molecule has 0 unspecified atom stereocenters. The third-order valence-corrected chi connectivity index (χ3v) is 3.90. The molecule has 134 valence electrons. The minimum absolute atomic E-state index is 0. The molecule has 25 heavy (non-hydrogen) atoms. The van der Waals surface area contributed by atoms with Crippen molar-refractivity contribution < 1.29 is 0 Å². The molecule has 0 saturated carbocycles. The highest BCUT2D eigenvalue weighted by Crippen LogP contribution is 2.23. The lowest BCUT2D eigenvalue weighted by atomic mass is 10.2. The molecule has 10 heteroatoms. The predicted octanol–water partition coefficient (Wildman–Crippen LogP) is 2.94. The van der Waals surface area contributed by atoms with E-state index in [4.69, 9.17) is 11.1 Å². The first kappa shape index (κ1) is 20.8. The van der Waals surface area contributed by atoms with Crippen molar-refractivity contribution in [2.45, 2.75) is 6.42 Å². The Morgan fingerprint density at radius 2 is 1.96 bits per heavy atom. The van der Waals surface area contributed by atoms with Gasteiger partial charge in [0.05, 0.1) is 6.20 Å². The van der Waals surface area contributed by atoms with E-state index in [2.05, 4.69) is 32.8 Å². The number of rotatable bonds is 6. The first-order valence-electron chi connectivity index (χ1n) is 7.09. The van der Waals surface area contributed by atoms with Crippen molar-refractivity contribution >= 4 is 47.2 Å². The van der Waals surface area contributed by atoms with E-state index in [-0.39, 0.29) is 30.8 Å². The van der Waals surface area contributed by atoms with Gasteiger partial charge in [-0.1, -0.05) is 30.3 Å². The molecule has 0 fully saturated rings. The molecule has 0 bridgehead atoms. The number of anilines is 1. The van der Waals surface area contributed by atoms with Crippen LogP contribution in [-0.2, 0) is 6.42 Å². The Balaban J connectivity index is 0.00000156. The van der Waals surface area contributed by atoms with Crippen LogP contribution in [0.4, 0.5) is 5.13 Å². The van der Waals surface area contributed by atoms with Crippen LogP contribution in [0, 0.1) is 5.41 Å². The van der Waals surface area contributed by atoms with Gasteiger partial charge in [-0.15, -0.1) is 36.2 Å². The van der Waals surface area contributed by atoms with E-state index in [0.29, 0.717) is 5.13 Å². The SMILES string of the molecule is Cl.Cl.N=C(N)Nc1nc(-c2cn(NCCc3ccccc3)cn2)cs1. The summed E-state index contributed by atoms with van der Waals surface area (Å²) in [5.74, 6) is -0.126. The van der Waals surface area contributed by atoms with Crippen molar-refractivity contribution in [1.82, 2.24) is 14.6 Å². The summed E-state index contributed by atoms with van der Waals surface area (Å²) in [4.78, 5) is 8.68. The highest BCUT2D eigenvalue weighted by molar-refractivity contribution is 7.14. The number of guanidine groups is 1. The Kier molecular flexibility index (Phi) is 8.20. The Morgan fingerprint density at radius 1 is 1.20 bits per heavy atom. The predicted molar refractivity (Wildman–Crippen MR) is 108 cm³/mol. The van der Waals surface area contributed by atoms with E-state index >= 15 is 0 Å². The van der Waals surface area contributed by atoms with Gasteiger partial charge in [-0.25, -0.2) is 9.97 Å². The number of imidazole rings is 1. The van der Waals surface area contributed by atoms with Gasteiger partial charge < -0.3 is 16.5 Å². The molecule has 5 N–H and O–H groups in total. The molecule has 0 aliphatic rings. The second kappa shape index (κ2) is 9.87. The lowest BCUT2D eigenvalue weighted by Crippen LogP contribution is -2.20. The second-order valence-corrected chi connectivity index (χ2v) is 5.74. The summed E-state index contributed by atoms with van der Waals surface area (Å²) >= 11 is 1.38. The monoisotopic (exact) mass is 399 g/mol. The van der Waals surface area contributed by atoms with Crippen LogP contribution in [0.15, 0.2) is 48.2 Å². The second-order valence-electron chi connectivity index (χ2n) is 4.89. The van der Waals surface area contributed by atoms with Crippen molar-refractivity contribution in [3.05, 3.63) is 53.8 Å². The molecule has 0 spiro atoms. The number of benzene rings is 1. The van der Waals surface area contributed by atoms with Crippen molar-refractivity contribution in [2.75, 3.05) is 17.3 Å². The van der Waals surface area contributed by atoms with E-state index in [0.717, 1.165) is 24.4 Å². The molecule has 1 aromatic carbocycles. The zero-order chi connectivity index (χ0) is 16.1. The third-order valence-electron chi connectivity index (χ3n) is 3.14. The number of aromatic nitrogens is 3. The van der Waals surface area contributed by atoms with E-state index in [9.17, 15) is 0 Å². The molecule has 7 nitrogen and oxygen atoms in total.